The van der Waals surface area contributed by atoms with Gasteiger partial charge in [0.1, 0.15) is 0 Å². The Morgan fingerprint density at radius 3 is 2.67 bits per heavy atom. The van der Waals surface area contributed by atoms with E-state index in [1.807, 2.05) is 0 Å². The second-order valence-corrected chi connectivity index (χ2v) is 6.24. The Labute approximate surface area is 135 Å². The van der Waals surface area contributed by atoms with Gasteiger partial charge in [-0.25, -0.2) is 0 Å². The number of benzene rings is 1. The van der Waals surface area contributed by atoms with Crippen LogP contribution in [0.3, 0.4) is 0 Å². The topological polar surface area (TPSA) is 58.4 Å². The monoisotopic (exact) mass is 329 g/mol. The third kappa shape index (κ3) is 4.25. The number of halogens is 2. The summed E-state index contributed by atoms with van der Waals surface area (Å²) in [5.74, 6) is 0.305. The summed E-state index contributed by atoms with van der Waals surface area (Å²) in [6.45, 7) is 6.13. The number of likely N-dealkylation sites (tertiary alicyclic amines) is 1. The van der Waals surface area contributed by atoms with Crippen molar-refractivity contribution < 1.29 is 4.79 Å². The molecule has 1 aromatic carbocycles. The van der Waals surface area contributed by atoms with Gasteiger partial charge >= 0.3 is 0 Å². The largest absolute Gasteiger partial charge is 0.399 e. The van der Waals surface area contributed by atoms with E-state index >= 15 is 0 Å². The first-order valence-electron chi connectivity index (χ1n) is 7.26. The molecule has 4 nitrogen and oxygen atoms in total. The number of hydrogen-bond donors (Lipinski definition) is 2. The maximum Gasteiger partial charge on any atom is 0.252 e. The lowest BCUT2D eigenvalue weighted by Gasteiger charge is -2.31. The lowest BCUT2D eigenvalue weighted by atomic mass is 9.96. The summed E-state index contributed by atoms with van der Waals surface area (Å²) < 4.78 is 0. The lowest BCUT2D eigenvalue weighted by molar-refractivity contribution is 0.0937. The van der Waals surface area contributed by atoms with Gasteiger partial charge in [-0.1, -0.05) is 30.1 Å². The molecule has 21 heavy (non-hydrogen) atoms. The Morgan fingerprint density at radius 1 is 1.38 bits per heavy atom. The number of nitrogens with two attached hydrogens (primary N) is 1. The number of hydrogen-bond acceptors (Lipinski definition) is 3. The molecule has 6 heteroatoms. The van der Waals surface area contributed by atoms with Crippen LogP contribution in [0.15, 0.2) is 12.1 Å². The van der Waals surface area contributed by atoms with Crippen LogP contribution in [0.5, 0.6) is 0 Å². The molecule has 0 radical (unpaired) electrons. The van der Waals surface area contributed by atoms with Gasteiger partial charge in [0.25, 0.3) is 5.91 Å². The fraction of sp³-hybridized carbons (Fsp3) is 0.533. The summed E-state index contributed by atoms with van der Waals surface area (Å²) in [6.07, 6.45) is 2.22. The van der Waals surface area contributed by atoms with E-state index in [1.165, 1.54) is 0 Å². The number of carbonyl (C=O) groups is 1. The van der Waals surface area contributed by atoms with Gasteiger partial charge in [-0.2, -0.15) is 0 Å². The molecular weight excluding hydrogens is 309 g/mol. The predicted molar refractivity (Wildman–Crippen MR) is 88.0 cm³/mol. The molecule has 0 atom stereocenters. The van der Waals surface area contributed by atoms with E-state index in [9.17, 15) is 4.79 Å². The third-order valence-electron chi connectivity index (χ3n) is 4.00. The molecule has 0 saturated carbocycles. The summed E-state index contributed by atoms with van der Waals surface area (Å²) in [7, 11) is 0. The van der Waals surface area contributed by atoms with Crippen molar-refractivity contribution in [1.82, 2.24) is 10.2 Å². The number of anilines is 1. The molecule has 1 amide bonds. The predicted octanol–water partition coefficient (Wildman–Crippen LogP) is 3.04. The maximum atomic E-state index is 12.2. The van der Waals surface area contributed by atoms with Gasteiger partial charge in [0.15, 0.2) is 0 Å². The van der Waals surface area contributed by atoms with Gasteiger partial charge in [0.2, 0.25) is 0 Å². The molecule has 0 bridgehead atoms. The maximum absolute atomic E-state index is 12.2. The minimum atomic E-state index is -0.216. The molecule has 1 aromatic rings. The summed E-state index contributed by atoms with van der Waals surface area (Å²) in [5, 5.41) is 3.50. The molecule has 1 aliphatic heterocycles. The molecule has 1 saturated heterocycles. The zero-order valence-electron chi connectivity index (χ0n) is 12.2. The van der Waals surface area contributed by atoms with Crippen molar-refractivity contribution in [3.63, 3.8) is 0 Å². The minimum Gasteiger partial charge on any atom is -0.399 e. The van der Waals surface area contributed by atoms with E-state index in [-0.39, 0.29) is 10.9 Å². The smallest absolute Gasteiger partial charge is 0.252 e. The molecule has 0 aromatic heterocycles. The quantitative estimate of drug-likeness (QED) is 0.835. The summed E-state index contributed by atoms with van der Waals surface area (Å²) in [6, 6.07) is 3.10. The van der Waals surface area contributed by atoms with Crippen LogP contribution < -0.4 is 11.1 Å². The van der Waals surface area contributed by atoms with E-state index in [0.29, 0.717) is 28.7 Å². The van der Waals surface area contributed by atoms with Crippen molar-refractivity contribution in [3.8, 4) is 0 Å². The molecule has 0 unspecified atom stereocenters. The average molecular weight is 330 g/mol. The zero-order valence-corrected chi connectivity index (χ0v) is 13.7. The van der Waals surface area contributed by atoms with Gasteiger partial charge < -0.3 is 16.0 Å². The molecule has 0 spiro atoms. The summed E-state index contributed by atoms with van der Waals surface area (Å²) in [4.78, 5) is 14.6. The first kappa shape index (κ1) is 16.4. The number of nitrogens with zero attached hydrogens (tertiary/aromatic N) is 1. The molecule has 2 rings (SSSR count). The highest BCUT2D eigenvalue weighted by molar-refractivity contribution is 6.44. The fourth-order valence-corrected chi connectivity index (χ4v) is 3.04. The van der Waals surface area contributed by atoms with Crippen LogP contribution >= 0.6 is 23.2 Å². The van der Waals surface area contributed by atoms with E-state index < -0.39 is 0 Å². The number of nitrogens with one attached hydrogen (secondary N) is 1. The molecule has 3 N–H and O–H groups in total. The van der Waals surface area contributed by atoms with Crippen LogP contribution in [0.25, 0.3) is 0 Å². The normalized spacial score (nSPS) is 16.9. The second kappa shape index (κ2) is 7.34. The molecule has 1 heterocycles. The standard InChI is InChI=1S/C15H21Cl2N3O/c1-2-20-5-3-10(4-6-20)9-19-15(21)12-7-11(18)8-13(16)14(12)17/h7-8,10H,2-6,9,18H2,1H3,(H,19,21). The van der Waals surface area contributed by atoms with Crippen molar-refractivity contribution in [3.05, 3.63) is 27.7 Å². The molecule has 116 valence electrons. The highest BCUT2D eigenvalue weighted by Gasteiger charge is 2.20. The number of carbonyl (C=O) groups excluding carboxylic acids is 1. The SMILES string of the molecule is CCN1CCC(CNC(=O)c2cc(N)cc(Cl)c2Cl)CC1. The second-order valence-electron chi connectivity index (χ2n) is 5.45. The average Bonchev–Trinajstić information content (AvgIpc) is 2.49. The number of piperidine rings is 1. The Balaban J connectivity index is 1.91. The Morgan fingerprint density at radius 2 is 2.05 bits per heavy atom. The van der Waals surface area contributed by atoms with Crippen molar-refractivity contribution in [2.24, 2.45) is 5.92 Å². The Kier molecular flexibility index (Phi) is 5.73. The molecular formula is C15H21Cl2N3O. The number of amides is 1. The molecule has 1 aliphatic rings. The van der Waals surface area contributed by atoms with Crippen LogP contribution in [0.2, 0.25) is 10.0 Å². The number of nitrogen functional groups attached to an aromatic ring is 1. The number of rotatable bonds is 4. The molecule has 0 aliphatic carbocycles. The Bertz CT molecular complexity index is 514. The van der Waals surface area contributed by atoms with Gasteiger partial charge in [-0.3, -0.25) is 4.79 Å². The zero-order chi connectivity index (χ0) is 15.4. The fourth-order valence-electron chi connectivity index (χ4n) is 2.61. The summed E-state index contributed by atoms with van der Waals surface area (Å²) in [5.41, 5.74) is 6.48. The first-order valence-corrected chi connectivity index (χ1v) is 8.02. The van der Waals surface area contributed by atoms with Gasteiger partial charge in [0, 0.05) is 12.2 Å². The van der Waals surface area contributed by atoms with E-state index in [2.05, 4.69) is 17.1 Å². The van der Waals surface area contributed by atoms with Crippen LogP contribution in [0, 0.1) is 5.92 Å². The lowest BCUT2D eigenvalue weighted by Crippen LogP contribution is -2.38. The van der Waals surface area contributed by atoms with Gasteiger partial charge in [-0.15, -0.1) is 0 Å². The van der Waals surface area contributed by atoms with Crippen molar-refractivity contribution in [2.75, 3.05) is 31.9 Å². The Hall–Kier alpha value is -0.970. The highest BCUT2D eigenvalue weighted by atomic mass is 35.5. The molecule has 1 fully saturated rings. The van der Waals surface area contributed by atoms with Crippen molar-refractivity contribution in [2.45, 2.75) is 19.8 Å². The van der Waals surface area contributed by atoms with E-state index in [0.717, 1.165) is 32.5 Å². The summed E-state index contributed by atoms with van der Waals surface area (Å²) >= 11 is 12.0. The minimum absolute atomic E-state index is 0.216. The van der Waals surface area contributed by atoms with Crippen LogP contribution in [-0.2, 0) is 0 Å². The van der Waals surface area contributed by atoms with E-state index in [1.54, 1.807) is 12.1 Å². The van der Waals surface area contributed by atoms with E-state index in [4.69, 9.17) is 28.9 Å². The third-order valence-corrected chi connectivity index (χ3v) is 4.80. The van der Waals surface area contributed by atoms with Crippen molar-refractivity contribution >= 4 is 34.8 Å². The van der Waals surface area contributed by atoms with Crippen LogP contribution in [0.1, 0.15) is 30.1 Å². The highest BCUT2D eigenvalue weighted by Crippen LogP contribution is 2.28. The van der Waals surface area contributed by atoms with Crippen LogP contribution in [0.4, 0.5) is 5.69 Å². The van der Waals surface area contributed by atoms with Gasteiger partial charge in [-0.05, 0) is 50.5 Å². The van der Waals surface area contributed by atoms with Crippen LogP contribution in [-0.4, -0.2) is 37.0 Å². The van der Waals surface area contributed by atoms with Gasteiger partial charge in [0.05, 0.1) is 15.6 Å². The first-order chi connectivity index (χ1) is 10.0. The van der Waals surface area contributed by atoms with Crippen molar-refractivity contribution in [1.29, 1.82) is 0 Å².